The molecule has 2 aromatic rings. The lowest BCUT2D eigenvalue weighted by Crippen LogP contribution is -2.43. The molecule has 1 heterocycles. The number of rotatable bonds is 6. The molecular formula is C23H27Cl2NO4S. The van der Waals surface area contributed by atoms with E-state index >= 15 is 0 Å². The molecule has 5 nitrogen and oxygen atoms in total. The highest BCUT2D eigenvalue weighted by molar-refractivity contribution is 7.91. The third kappa shape index (κ3) is 6.37. The Kier molecular flexibility index (Phi) is 7.24. The molecule has 0 unspecified atom stereocenters. The van der Waals surface area contributed by atoms with Crippen molar-refractivity contribution in [1.29, 1.82) is 0 Å². The lowest BCUT2D eigenvalue weighted by molar-refractivity contribution is -0.136. The summed E-state index contributed by atoms with van der Waals surface area (Å²) in [6.07, 6.45) is 0.426. The van der Waals surface area contributed by atoms with E-state index in [4.69, 9.17) is 27.9 Å². The first-order valence-electron chi connectivity index (χ1n) is 10.1. The maximum absolute atomic E-state index is 13.1. The van der Waals surface area contributed by atoms with Crippen molar-refractivity contribution in [2.45, 2.75) is 45.2 Å². The summed E-state index contributed by atoms with van der Waals surface area (Å²) in [5.74, 6) is 0.135. The normalized spacial score (nSPS) is 18.0. The number of carbonyl (C=O) groups excluding carboxylic acids is 1. The average Bonchev–Trinajstić information content (AvgIpc) is 3.04. The van der Waals surface area contributed by atoms with Gasteiger partial charge in [0.15, 0.2) is 16.4 Å². The summed E-state index contributed by atoms with van der Waals surface area (Å²) in [6.45, 7) is 6.50. The van der Waals surface area contributed by atoms with Gasteiger partial charge in [0.1, 0.15) is 5.75 Å². The Morgan fingerprint density at radius 1 is 1.13 bits per heavy atom. The largest absolute Gasteiger partial charge is 0.482 e. The Morgan fingerprint density at radius 3 is 2.35 bits per heavy atom. The third-order valence-electron chi connectivity index (χ3n) is 5.39. The molecule has 1 fully saturated rings. The summed E-state index contributed by atoms with van der Waals surface area (Å²) in [7, 11) is -3.14. The zero-order valence-corrected chi connectivity index (χ0v) is 20.2. The van der Waals surface area contributed by atoms with Crippen molar-refractivity contribution in [3.63, 3.8) is 0 Å². The van der Waals surface area contributed by atoms with Crippen LogP contribution in [0, 0.1) is 0 Å². The highest BCUT2D eigenvalue weighted by Gasteiger charge is 2.35. The van der Waals surface area contributed by atoms with E-state index in [1.165, 1.54) is 5.56 Å². The first-order valence-corrected chi connectivity index (χ1v) is 12.7. The summed E-state index contributed by atoms with van der Waals surface area (Å²) < 4.78 is 29.7. The quantitative estimate of drug-likeness (QED) is 0.586. The molecule has 1 saturated heterocycles. The number of carbonyl (C=O) groups is 1. The molecule has 1 aliphatic heterocycles. The molecular weight excluding hydrogens is 457 g/mol. The van der Waals surface area contributed by atoms with Crippen LogP contribution in [0.3, 0.4) is 0 Å². The standard InChI is InChI=1S/C23H27Cl2NO4S/c1-23(2,3)17-6-4-16(5-7-17)13-26(19-10-11-31(28,29)15-19)22(27)14-30-21-9-8-18(24)12-20(21)25/h4-9,12,19H,10-11,13-15H2,1-3H3/t19-/m0/s1. The lowest BCUT2D eigenvalue weighted by atomic mass is 9.86. The SMILES string of the molecule is CC(C)(C)c1ccc(CN(C(=O)COc2ccc(Cl)cc2Cl)[C@H]2CCS(=O)(=O)C2)cc1. The van der Waals surface area contributed by atoms with Crippen LogP contribution in [-0.2, 0) is 26.6 Å². The van der Waals surface area contributed by atoms with E-state index in [-0.39, 0.29) is 35.5 Å². The van der Waals surface area contributed by atoms with Gasteiger partial charge in [-0.3, -0.25) is 4.79 Å². The van der Waals surface area contributed by atoms with Crippen LogP contribution in [0.25, 0.3) is 0 Å². The van der Waals surface area contributed by atoms with Crippen LogP contribution < -0.4 is 4.74 Å². The second-order valence-corrected chi connectivity index (χ2v) is 12.0. The third-order valence-corrected chi connectivity index (χ3v) is 7.67. The number of hydrogen-bond acceptors (Lipinski definition) is 4. The molecule has 0 N–H and O–H groups in total. The van der Waals surface area contributed by atoms with Crippen LogP contribution in [0.5, 0.6) is 5.75 Å². The topological polar surface area (TPSA) is 63.7 Å². The van der Waals surface area contributed by atoms with Gasteiger partial charge in [-0.05, 0) is 41.2 Å². The van der Waals surface area contributed by atoms with Gasteiger partial charge in [0, 0.05) is 17.6 Å². The summed E-state index contributed by atoms with van der Waals surface area (Å²) in [5.41, 5.74) is 2.16. The second kappa shape index (κ2) is 9.39. The van der Waals surface area contributed by atoms with Gasteiger partial charge < -0.3 is 9.64 Å². The van der Waals surface area contributed by atoms with E-state index in [0.29, 0.717) is 28.8 Å². The van der Waals surface area contributed by atoms with Crippen LogP contribution >= 0.6 is 23.2 Å². The first-order chi connectivity index (χ1) is 14.4. The number of hydrogen-bond donors (Lipinski definition) is 0. The average molecular weight is 484 g/mol. The van der Waals surface area contributed by atoms with E-state index in [1.807, 2.05) is 24.3 Å². The Hall–Kier alpha value is -1.76. The first kappa shape index (κ1) is 23.9. The van der Waals surface area contributed by atoms with Crippen molar-refractivity contribution in [3.8, 4) is 5.75 Å². The zero-order chi connectivity index (χ0) is 22.8. The molecule has 0 radical (unpaired) electrons. The number of amides is 1. The van der Waals surface area contributed by atoms with Gasteiger partial charge in [-0.2, -0.15) is 0 Å². The van der Waals surface area contributed by atoms with Crippen molar-refractivity contribution in [1.82, 2.24) is 4.90 Å². The summed E-state index contributed by atoms with van der Waals surface area (Å²) in [6, 6.07) is 12.5. The molecule has 0 bridgehead atoms. The van der Waals surface area contributed by atoms with E-state index in [9.17, 15) is 13.2 Å². The smallest absolute Gasteiger partial charge is 0.261 e. The second-order valence-electron chi connectivity index (χ2n) is 8.89. The van der Waals surface area contributed by atoms with Crippen molar-refractivity contribution in [2.24, 2.45) is 0 Å². The van der Waals surface area contributed by atoms with Gasteiger partial charge in [-0.15, -0.1) is 0 Å². The molecule has 0 aromatic heterocycles. The predicted octanol–water partition coefficient (Wildman–Crippen LogP) is 4.89. The van der Waals surface area contributed by atoms with Crippen LogP contribution in [0.1, 0.15) is 38.3 Å². The van der Waals surface area contributed by atoms with E-state index in [1.54, 1.807) is 23.1 Å². The molecule has 0 saturated carbocycles. The number of sulfone groups is 1. The Balaban J connectivity index is 1.76. The van der Waals surface area contributed by atoms with Crippen LogP contribution in [0.2, 0.25) is 10.0 Å². The van der Waals surface area contributed by atoms with E-state index in [0.717, 1.165) is 5.56 Å². The predicted molar refractivity (Wildman–Crippen MR) is 125 cm³/mol. The molecule has 1 aliphatic rings. The molecule has 3 rings (SSSR count). The minimum atomic E-state index is -3.14. The summed E-state index contributed by atoms with van der Waals surface area (Å²) >= 11 is 12.0. The van der Waals surface area contributed by atoms with E-state index < -0.39 is 9.84 Å². The number of ether oxygens (including phenoxy) is 1. The number of benzene rings is 2. The molecule has 0 aliphatic carbocycles. The molecule has 0 spiro atoms. The molecule has 31 heavy (non-hydrogen) atoms. The highest BCUT2D eigenvalue weighted by Crippen LogP contribution is 2.28. The molecule has 168 valence electrons. The maximum Gasteiger partial charge on any atom is 0.261 e. The lowest BCUT2D eigenvalue weighted by Gasteiger charge is -2.29. The Labute approximate surface area is 194 Å². The van der Waals surface area contributed by atoms with Gasteiger partial charge in [0.2, 0.25) is 0 Å². The fourth-order valence-corrected chi connectivity index (χ4v) is 5.76. The van der Waals surface area contributed by atoms with Crippen molar-refractivity contribution < 1.29 is 17.9 Å². The van der Waals surface area contributed by atoms with Gasteiger partial charge in [0.05, 0.1) is 16.5 Å². The Morgan fingerprint density at radius 2 is 1.81 bits per heavy atom. The van der Waals surface area contributed by atoms with Gasteiger partial charge in [-0.25, -0.2) is 8.42 Å². The van der Waals surface area contributed by atoms with Gasteiger partial charge >= 0.3 is 0 Å². The highest BCUT2D eigenvalue weighted by atomic mass is 35.5. The summed E-state index contributed by atoms with van der Waals surface area (Å²) in [4.78, 5) is 14.7. The molecule has 1 amide bonds. The minimum absolute atomic E-state index is 0.0270. The van der Waals surface area contributed by atoms with Crippen LogP contribution in [0.4, 0.5) is 0 Å². The van der Waals surface area contributed by atoms with Gasteiger partial charge in [-0.1, -0.05) is 68.2 Å². The Bertz CT molecular complexity index is 1050. The van der Waals surface area contributed by atoms with Crippen molar-refractivity contribution in [2.75, 3.05) is 18.1 Å². The minimum Gasteiger partial charge on any atom is -0.482 e. The van der Waals surface area contributed by atoms with Gasteiger partial charge in [0.25, 0.3) is 5.91 Å². The number of halogens is 2. The summed E-state index contributed by atoms with van der Waals surface area (Å²) in [5, 5.41) is 0.785. The fraction of sp³-hybridized carbons (Fsp3) is 0.435. The molecule has 1 atom stereocenters. The number of nitrogens with zero attached hydrogens (tertiary/aromatic N) is 1. The van der Waals surface area contributed by atoms with Crippen LogP contribution in [0.15, 0.2) is 42.5 Å². The van der Waals surface area contributed by atoms with Crippen LogP contribution in [-0.4, -0.2) is 43.4 Å². The molecule has 8 heteroatoms. The van der Waals surface area contributed by atoms with Crippen molar-refractivity contribution >= 4 is 38.9 Å². The van der Waals surface area contributed by atoms with Crippen molar-refractivity contribution in [3.05, 3.63) is 63.6 Å². The maximum atomic E-state index is 13.1. The van der Waals surface area contributed by atoms with E-state index in [2.05, 4.69) is 20.8 Å². The monoisotopic (exact) mass is 483 g/mol. The fourth-order valence-electron chi connectivity index (χ4n) is 3.56. The molecule has 2 aromatic carbocycles. The zero-order valence-electron chi connectivity index (χ0n) is 17.9.